The standard InChI is InChI=1S/C26H26Cl2N2O2/c1-2-3-4-5-6-7-16-30-24(18-10-14-20(28)15-11-18)22-21(26(30)32)23(29-25(22)31)17-8-12-19(27)13-9-17/h8-15,32H,2-7,16H2,1H3. The Bertz CT molecular complexity index is 1150. The van der Waals surface area contributed by atoms with E-state index in [-0.39, 0.29) is 11.8 Å². The SMILES string of the molecule is CCCCCCCCn1c(O)c2c(c1-c1ccc(Cl)cc1)C(=O)N=C2c1ccc(Cl)cc1. The van der Waals surface area contributed by atoms with Crippen molar-refractivity contribution in [3.8, 4) is 17.1 Å². The average molecular weight is 469 g/mol. The molecule has 6 heteroatoms. The fraction of sp³-hybridized carbons (Fsp3) is 0.308. The predicted molar refractivity (Wildman–Crippen MR) is 131 cm³/mol. The summed E-state index contributed by atoms with van der Waals surface area (Å²) >= 11 is 12.1. The van der Waals surface area contributed by atoms with Crippen molar-refractivity contribution in [2.75, 3.05) is 0 Å². The fourth-order valence-electron chi connectivity index (χ4n) is 4.24. The molecule has 0 fully saturated rings. The first-order valence-corrected chi connectivity index (χ1v) is 11.9. The molecule has 1 aliphatic heterocycles. The van der Waals surface area contributed by atoms with Gasteiger partial charge < -0.3 is 9.67 Å². The van der Waals surface area contributed by atoms with Crippen LogP contribution >= 0.6 is 23.2 Å². The highest BCUT2D eigenvalue weighted by Gasteiger charge is 2.36. The summed E-state index contributed by atoms with van der Waals surface area (Å²) in [6, 6.07) is 14.5. The maximum atomic E-state index is 13.0. The number of carbonyl (C=O) groups excluding carboxylic acids is 1. The van der Waals surface area contributed by atoms with Crippen LogP contribution in [0.4, 0.5) is 0 Å². The van der Waals surface area contributed by atoms with Gasteiger partial charge in [0.05, 0.1) is 22.5 Å². The average Bonchev–Trinajstić information content (AvgIpc) is 3.27. The number of nitrogens with zero attached hydrogens (tertiary/aromatic N) is 2. The topological polar surface area (TPSA) is 54.6 Å². The van der Waals surface area contributed by atoms with E-state index >= 15 is 0 Å². The van der Waals surface area contributed by atoms with Crippen molar-refractivity contribution in [2.24, 2.45) is 4.99 Å². The number of rotatable bonds is 9. The van der Waals surface area contributed by atoms with Crippen molar-refractivity contribution in [1.29, 1.82) is 0 Å². The van der Waals surface area contributed by atoms with E-state index in [1.165, 1.54) is 25.7 Å². The Kier molecular flexibility index (Phi) is 7.02. The van der Waals surface area contributed by atoms with Crippen LogP contribution in [0.15, 0.2) is 53.5 Å². The summed E-state index contributed by atoms with van der Waals surface area (Å²) in [5.41, 5.74) is 3.69. The van der Waals surface area contributed by atoms with Crippen molar-refractivity contribution in [3.05, 3.63) is 75.3 Å². The van der Waals surface area contributed by atoms with Gasteiger partial charge in [-0.2, -0.15) is 0 Å². The number of carbonyl (C=O) groups is 1. The summed E-state index contributed by atoms with van der Waals surface area (Å²) in [4.78, 5) is 17.3. The molecule has 3 aromatic rings. The smallest absolute Gasteiger partial charge is 0.280 e. The summed E-state index contributed by atoms with van der Waals surface area (Å²) in [6.07, 6.45) is 6.85. The summed E-state index contributed by atoms with van der Waals surface area (Å²) in [7, 11) is 0. The Labute approximate surface area is 198 Å². The van der Waals surface area contributed by atoms with Crippen LogP contribution in [-0.2, 0) is 6.54 Å². The van der Waals surface area contributed by atoms with E-state index in [1.807, 2.05) is 28.8 Å². The van der Waals surface area contributed by atoms with E-state index in [0.717, 1.165) is 24.0 Å². The molecule has 0 aliphatic carbocycles. The summed E-state index contributed by atoms with van der Waals surface area (Å²) < 4.78 is 1.86. The molecule has 4 nitrogen and oxygen atoms in total. The van der Waals surface area contributed by atoms with Gasteiger partial charge >= 0.3 is 0 Å². The molecule has 0 atom stereocenters. The third-order valence-electron chi connectivity index (χ3n) is 5.87. The van der Waals surface area contributed by atoms with Gasteiger partial charge in [0.25, 0.3) is 5.91 Å². The largest absolute Gasteiger partial charge is 0.494 e. The molecule has 4 rings (SSSR count). The number of aliphatic imine (C=N–C) groups is 1. The maximum Gasteiger partial charge on any atom is 0.280 e. The molecule has 0 saturated heterocycles. The van der Waals surface area contributed by atoms with Gasteiger partial charge in [0, 0.05) is 22.2 Å². The summed E-state index contributed by atoms with van der Waals surface area (Å²) in [5.74, 6) is -0.259. The molecule has 32 heavy (non-hydrogen) atoms. The second-order valence-corrected chi connectivity index (χ2v) is 8.99. The number of fused-ring (bicyclic) bond motifs is 1. The molecule has 0 unspecified atom stereocenters. The van der Waals surface area contributed by atoms with Gasteiger partial charge in [0.15, 0.2) is 0 Å². The van der Waals surface area contributed by atoms with Gasteiger partial charge in [-0.25, -0.2) is 4.99 Å². The van der Waals surface area contributed by atoms with Crippen molar-refractivity contribution in [3.63, 3.8) is 0 Å². The van der Waals surface area contributed by atoms with E-state index in [0.29, 0.717) is 39.1 Å². The van der Waals surface area contributed by atoms with Crippen LogP contribution in [0.3, 0.4) is 0 Å². The molecule has 1 aromatic heterocycles. The van der Waals surface area contributed by atoms with Crippen LogP contribution in [-0.4, -0.2) is 21.3 Å². The number of hydrogen-bond donors (Lipinski definition) is 1. The zero-order valence-electron chi connectivity index (χ0n) is 18.1. The minimum Gasteiger partial charge on any atom is -0.494 e. The van der Waals surface area contributed by atoms with Gasteiger partial charge in [-0.1, -0.05) is 86.5 Å². The molecule has 0 radical (unpaired) electrons. The number of unbranched alkanes of at least 4 members (excludes halogenated alkanes) is 5. The quantitative estimate of drug-likeness (QED) is 0.330. The fourth-order valence-corrected chi connectivity index (χ4v) is 4.50. The van der Waals surface area contributed by atoms with Gasteiger partial charge in [-0.15, -0.1) is 0 Å². The summed E-state index contributed by atoms with van der Waals surface area (Å²) in [6.45, 7) is 2.83. The van der Waals surface area contributed by atoms with Crippen molar-refractivity contribution in [1.82, 2.24) is 4.57 Å². The van der Waals surface area contributed by atoms with E-state index in [1.54, 1.807) is 24.3 Å². The van der Waals surface area contributed by atoms with Gasteiger partial charge in [-0.3, -0.25) is 4.79 Å². The maximum absolute atomic E-state index is 13.0. The van der Waals surface area contributed by atoms with Gasteiger partial charge in [0.1, 0.15) is 0 Å². The Balaban J connectivity index is 1.74. The molecule has 0 bridgehead atoms. The number of hydrogen-bond acceptors (Lipinski definition) is 2. The first-order valence-electron chi connectivity index (χ1n) is 11.1. The lowest BCUT2D eigenvalue weighted by Crippen LogP contribution is -2.04. The lowest BCUT2D eigenvalue weighted by Gasteiger charge is -2.12. The van der Waals surface area contributed by atoms with Crippen LogP contribution in [0.25, 0.3) is 11.3 Å². The number of halogens is 2. The predicted octanol–water partition coefficient (Wildman–Crippen LogP) is 7.52. The second-order valence-electron chi connectivity index (χ2n) is 8.12. The van der Waals surface area contributed by atoms with Crippen molar-refractivity contribution < 1.29 is 9.90 Å². The lowest BCUT2D eigenvalue weighted by atomic mass is 10.0. The van der Waals surface area contributed by atoms with Crippen LogP contribution in [0.2, 0.25) is 10.0 Å². The zero-order chi connectivity index (χ0) is 22.7. The molecule has 0 spiro atoms. The Morgan fingerprint density at radius 2 is 1.38 bits per heavy atom. The van der Waals surface area contributed by atoms with Gasteiger partial charge in [0.2, 0.25) is 5.88 Å². The number of amides is 1. The van der Waals surface area contributed by atoms with E-state index < -0.39 is 0 Å². The summed E-state index contributed by atoms with van der Waals surface area (Å²) in [5, 5.41) is 12.5. The molecule has 166 valence electrons. The van der Waals surface area contributed by atoms with Crippen LogP contribution in [0, 0.1) is 0 Å². The Morgan fingerprint density at radius 3 is 2.00 bits per heavy atom. The van der Waals surface area contributed by atoms with Crippen LogP contribution < -0.4 is 0 Å². The molecule has 2 aromatic carbocycles. The third-order valence-corrected chi connectivity index (χ3v) is 6.37. The molecular weight excluding hydrogens is 443 g/mol. The molecule has 1 amide bonds. The van der Waals surface area contributed by atoms with Crippen molar-refractivity contribution in [2.45, 2.75) is 52.0 Å². The molecular formula is C26H26Cl2N2O2. The highest BCUT2D eigenvalue weighted by Crippen LogP contribution is 2.41. The normalized spacial score (nSPS) is 12.8. The molecule has 1 aliphatic rings. The van der Waals surface area contributed by atoms with E-state index in [4.69, 9.17) is 23.2 Å². The third kappa shape index (κ3) is 4.48. The number of aromatic hydroxyl groups is 1. The zero-order valence-corrected chi connectivity index (χ0v) is 19.6. The number of benzene rings is 2. The first-order chi connectivity index (χ1) is 15.5. The molecule has 1 N–H and O–H groups in total. The molecule has 0 saturated carbocycles. The highest BCUT2D eigenvalue weighted by molar-refractivity contribution is 6.32. The lowest BCUT2D eigenvalue weighted by molar-refractivity contribution is 0.101. The highest BCUT2D eigenvalue weighted by atomic mass is 35.5. The van der Waals surface area contributed by atoms with Gasteiger partial charge in [-0.05, 0) is 36.2 Å². The molecule has 2 heterocycles. The minimum atomic E-state index is -0.341. The van der Waals surface area contributed by atoms with E-state index in [2.05, 4.69) is 11.9 Å². The monoisotopic (exact) mass is 468 g/mol. The van der Waals surface area contributed by atoms with Crippen LogP contribution in [0.5, 0.6) is 5.88 Å². The Morgan fingerprint density at radius 1 is 0.812 bits per heavy atom. The Hall–Kier alpha value is -2.56. The van der Waals surface area contributed by atoms with Crippen LogP contribution in [0.1, 0.15) is 66.9 Å². The second kappa shape index (κ2) is 9.93. The first kappa shape index (κ1) is 22.6. The van der Waals surface area contributed by atoms with E-state index in [9.17, 15) is 9.90 Å². The minimum absolute atomic E-state index is 0.0815. The number of aromatic nitrogens is 1. The van der Waals surface area contributed by atoms with Crippen molar-refractivity contribution >= 4 is 34.8 Å².